The first-order valence-corrected chi connectivity index (χ1v) is 29.2. The molecule has 4 bridgehead atoms. The van der Waals surface area contributed by atoms with Crippen molar-refractivity contribution in [2.45, 2.75) is 126 Å². The Hall–Kier alpha value is -7.42. The Morgan fingerprint density at radius 1 is 0.685 bits per heavy atom. The molecule has 480 valence electrons. The van der Waals surface area contributed by atoms with Gasteiger partial charge in [-0.05, 0) is 107 Å². The molecule has 10 heterocycles. The van der Waals surface area contributed by atoms with Crippen LogP contribution < -0.4 is 31.2 Å². The molecule has 0 aliphatic carbocycles. The maximum absolute atomic E-state index is 16.6. The van der Waals surface area contributed by atoms with Gasteiger partial charge < -0.3 is 49.8 Å². The maximum atomic E-state index is 16.6. The zero-order valence-corrected chi connectivity index (χ0v) is 49.8. The van der Waals surface area contributed by atoms with Gasteiger partial charge in [0.1, 0.15) is 34.7 Å². The predicted molar refractivity (Wildman–Crippen MR) is 306 cm³/mol. The molecule has 8 fully saturated rings. The standard InChI is InChI=1S/C61H71F8N11O9/c1-58(2,60(64,65)66)52(74-57(85)86-6)54(82)73-48(17-35-10-7-34(8-11-35)9-12-36-13-15-50(71-22-36)76-24-39-20-40(25-76)79(39)43-30-87-31-43)49(81)29-78(75-55(83)53(89-56(84)70-5)59(3,4)61(67,68)69)28-45-46(62)18-38(19-47(45)63)37-14-16-51(72-23-37)77-26-41-21-42(27-77)80(41)44-32-88-33-44/h7-8,10-11,13-16,18-19,22-23,39-44,48-49,52-53,81H,17,20-21,24-33H2,1-6H3,(H,70,84)(H,73,82)(H,74,85)(H,75,83)/t39-,40-,41-,42-,48-,49-,52+,53+/m0/s1. The first-order valence-electron chi connectivity index (χ1n) is 29.2. The van der Waals surface area contributed by atoms with Crippen molar-refractivity contribution in [3.05, 3.63) is 107 Å². The van der Waals surface area contributed by atoms with Gasteiger partial charge in [0.2, 0.25) is 5.91 Å². The molecule has 0 radical (unpaired) electrons. The summed E-state index contributed by atoms with van der Waals surface area (Å²) < 4.78 is 142. The number of alkyl halides is 6. The number of aliphatic hydroxyl groups excluding tert-OH is 1. The number of piperazine rings is 2. The van der Waals surface area contributed by atoms with Gasteiger partial charge in [-0.1, -0.05) is 24.0 Å². The molecule has 0 unspecified atom stereocenters. The van der Waals surface area contributed by atoms with Crippen LogP contribution in [-0.4, -0.2) is 200 Å². The van der Waals surface area contributed by atoms with Gasteiger partial charge in [0.05, 0.1) is 63.2 Å². The van der Waals surface area contributed by atoms with Crippen LogP contribution in [0.5, 0.6) is 0 Å². The SMILES string of the molecule is CNC(=O)O[C@H](C(=O)NN(Cc1c(F)cc(-c2ccc(N3C[C@@H]4C[C@@H](C3)N4C3COC3)nc2)cc1F)C[C@H](O)[C@H](Cc1ccc(C#Cc2ccc(N3C[C@@H]4C[C@@H](C3)N4C3COC3)nc2)cc1)NC(=O)[C@@H](NC(=O)OC)C(C)(C)C(F)(F)F)C(C)(C)C(F)(F)F. The number of methoxy groups -OCH3 is 1. The number of rotatable bonds is 20. The minimum atomic E-state index is -5.23. The molecule has 8 atom stereocenters. The Kier molecular flexibility index (Phi) is 18.7. The van der Waals surface area contributed by atoms with E-state index in [-0.39, 0.29) is 5.56 Å². The lowest BCUT2D eigenvalue weighted by Crippen LogP contribution is -2.74. The molecular weight excluding hydrogens is 1180 g/mol. The maximum Gasteiger partial charge on any atom is 0.407 e. The van der Waals surface area contributed by atoms with Crippen molar-refractivity contribution in [2.24, 2.45) is 10.8 Å². The van der Waals surface area contributed by atoms with Gasteiger partial charge in [0, 0.05) is 105 Å². The summed E-state index contributed by atoms with van der Waals surface area (Å²) in [6.07, 6.45) is -13.2. The third-order valence-corrected chi connectivity index (χ3v) is 18.0. The number of aliphatic hydroxyl groups is 1. The molecule has 12 rings (SSSR count). The van der Waals surface area contributed by atoms with Gasteiger partial charge in [0.15, 0.2) is 6.10 Å². The van der Waals surface area contributed by atoms with E-state index in [9.17, 15) is 50.6 Å². The van der Waals surface area contributed by atoms with Gasteiger partial charge in [-0.2, -0.15) is 26.3 Å². The molecule has 8 aliphatic heterocycles. The lowest BCUT2D eigenvalue weighted by molar-refractivity contribution is -0.239. The third-order valence-electron chi connectivity index (χ3n) is 18.0. The Labute approximate surface area is 508 Å². The quantitative estimate of drug-likeness (QED) is 0.0408. The fraction of sp³-hybridized carbons (Fsp3) is 0.541. The molecule has 89 heavy (non-hydrogen) atoms. The number of ether oxygens (including phenoxy) is 4. The first-order chi connectivity index (χ1) is 42.1. The van der Waals surface area contributed by atoms with Crippen LogP contribution >= 0.6 is 0 Å². The van der Waals surface area contributed by atoms with Crippen molar-refractivity contribution in [3.8, 4) is 23.0 Å². The summed E-state index contributed by atoms with van der Waals surface area (Å²) in [6, 6.07) is 13.6. The molecule has 2 aromatic carbocycles. The Morgan fingerprint density at radius 2 is 1.20 bits per heavy atom. The number of hydrogen-bond donors (Lipinski definition) is 5. The van der Waals surface area contributed by atoms with Crippen molar-refractivity contribution in [1.82, 2.24) is 46.2 Å². The summed E-state index contributed by atoms with van der Waals surface area (Å²) in [5.74, 6) is 1.95. The highest BCUT2D eigenvalue weighted by molar-refractivity contribution is 5.87. The highest BCUT2D eigenvalue weighted by Crippen LogP contribution is 2.44. The molecule has 0 saturated carbocycles. The van der Waals surface area contributed by atoms with E-state index in [2.05, 4.69) is 56.9 Å². The number of fused-ring (bicyclic) bond motifs is 4. The molecule has 8 aliphatic rings. The van der Waals surface area contributed by atoms with E-state index >= 15 is 8.78 Å². The van der Waals surface area contributed by atoms with Crippen LogP contribution in [0.25, 0.3) is 11.1 Å². The largest absolute Gasteiger partial charge is 0.453 e. The normalized spacial score (nSPS) is 21.9. The number of halogens is 8. The number of pyridine rings is 2. The van der Waals surface area contributed by atoms with Gasteiger partial charge in [0.25, 0.3) is 5.91 Å². The van der Waals surface area contributed by atoms with Crippen LogP contribution in [0.4, 0.5) is 56.3 Å². The average Bonchev–Trinajstić information content (AvgIpc) is 0.775. The summed E-state index contributed by atoms with van der Waals surface area (Å²) in [6.45, 7) is 6.37. The molecule has 2 aromatic heterocycles. The summed E-state index contributed by atoms with van der Waals surface area (Å²) in [5, 5.41) is 19.1. The minimum absolute atomic E-state index is 0.0288. The van der Waals surface area contributed by atoms with E-state index < -0.39 is 108 Å². The van der Waals surface area contributed by atoms with E-state index in [0.29, 0.717) is 110 Å². The molecule has 0 spiro atoms. The number of benzene rings is 2. The van der Waals surface area contributed by atoms with Gasteiger partial charge in [-0.25, -0.2) is 33.3 Å². The number of aromatic nitrogens is 2. The summed E-state index contributed by atoms with van der Waals surface area (Å²) >= 11 is 0. The van der Waals surface area contributed by atoms with Crippen LogP contribution in [0, 0.1) is 34.3 Å². The number of anilines is 2. The summed E-state index contributed by atoms with van der Waals surface area (Å²) in [5.41, 5.74) is -3.08. The van der Waals surface area contributed by atoms with E-state index in [0.717, 1.165) is 84.3 Å². The van der Waals surface area contributed by atoms with Crippen molar-refractivity contribution in [2.75, 3.05) is 83.1 Å². The van der Waals surface area contributed by atoms with E-state index in [1.165, 1.54) is 18.3 Å². The van der Waals surface area contributed by atoms with Crippen LogP contribution in [0.15, 0.2) is 73.1 Å². The number of amides is 4. The second-order valence-electron chi connectivity index (χ2n) is 24.6. The highest BCUT2D eigenvalue weighted by Gasteiger charge is 2.58. The number of nitrogens with one attached hydrogen (secondary N) is 4. The van der Waals surface area contributed by atoms with Crippen molar-refractivity contribution < 1.29 is 78.4 Å². The number of nitrogens with zero attached hydrogens (tertiary/aromatic N) is 7. The van der Waals surface area contributed by atoms with Crippen molar-refractivity contribution >= 4 is 35.6 Å². The number of hydrogen-bond acceptors (Lipinski definition) is 16. The van der Waals surface area contributed by atoms with E-state index in [4.69, 9.17) is 14.2 Å². The van der Waals surface area contributed by atoms with Crippen LogP contribution in [0.2, 0.25) is 0 Å². The molecule has 4 amide bonds. The lowest BCUT2D eigenvalue weighted by atomic mass is 9.82. The van der Waals surface area contributed by atoms with Crippen molar-refractivity contribution in [1.29, 1.82) is 0 Å². The number of alkyl carbamates (subject to hydrolysis) is 2. The monoisotopic (exact) mass is 1250 g/mol. The molecular formula is C61H71F8N11O9. The van der Waals surface area contributed by atoms with E-state index in [1.54, 1.807) is 30.5 Å². The lowest BCUT2D eigenvalue weighted by Gasteiger charge is -2.60. The Balaban J connectivity index is 0.907. The molecule has 4 aromatic rings. The zero-order chi connectivity index (χ0) is 63.9. The van der Waals surface area contributed by atoms with Gasteiger partial charge in [-0.15, -0.1) is 0 Å². The minimum Gasteiger partial charge on any atom is -0.453 e. The fourth-order valence-electron chi connectivity index (χ4n) is 12.3. The third kappa shape index (κ3) is 13.8. The van der Waals surface area contributed by atoms with E-state index in [1.807, 2.05) is 22.8 Å². The molecule has 8 saturated heterocycles. The molecule has 28 heteroatoms. The van der Waals surface area contributed by atoms with Gasteiger partial charge >= 0.3 is 24.5 Å². The Morgan fingerprint density at radius 3 is 1.66 bits per heavy atom. The first kappa shape index (κ1) is 64.6. The summed E-state index contributed by atoms with van der Waals surface area (Å²) in [7, 11) is 1.87. The topological polar surface area (TPSA) is 216 Å². The fourth-order valence-corrected chi connectivity index (χ4v) is 12.3. The van der Waals surface area contributed by atoms with Crippen LogP contribution in [-0.2, 0) is 41.5 Å². The number of carbonyl (C=O) groups is 4. The van der Waals surface area contributed by atoms with Crippen LogP contribution in [0.1, 0.15) is 62.8 Å². The number of hydrazine groups is 1. The molecule has 20 nitrogen and oxygen atoms in total. The number of piperidine rings is 2. The highest BCUT2D eigenvalue weighted by atomic mass is 19.4. The molecule has 5 N–H and O–H groups in total. The van der Waals surface area contributed by atoms with Gasteiger partial charge in [-0.3, -0.25) is 24.8 Å². The number of carbonyl (C=O) groups excluding carboxylic acids is 4. The Bertz CT molecular complexity index is 3240. The smallest absolute Gasteiger partial charge is 0.407 e. The predicted octanol–water partition coefficient (Wildman–Crippen LogP) is 5.69. The summed E-state index contributed by atoms with van der Waals surface area (Å²) in [4.78, 5) is 72.1. The second-order valence-corrected chi connectivity index (χ2v) is 24.6. The van der Waals surface area contributed by atoms with Crippen LogP contribution in [0.3, 0.4) is 0 Å². The average molecular weight is 1250 g/mol. The zero-order valence-electron chi connectivity index (χ0n) is 49.8. The van der Waals surface area contributed by atoms with Crippen molar-refractivity contribution in [3.63, 3.8) is 0 Å². The second kappa shape index (κ2) is 25.8.